The first-order valence-electron chi connectivity index (χ1n) is 7.65. The van der Waals surface area contributed by atoms with Gasteiger partial charge in [0.1, 0.15) is 5.75 Å². The molecule has 20 heavy (non-hydrogen) atoms. The third kappa shape index (κ3) is 6.38. The molecule has 1 aromatic rings. The molecule has 0 amide bonds. The Morgan fingerprint density at radius 1 is 1.35 bits per heavy atom. The van der Waals surface area contributed by atoms with Crippen LogP contribution < -0.4 is 10.1 Å². The Balaban J connectivity index is 2.69. The third-order valence-electron chi connectivity index (χ3n) is 3.19. The van der Waals surface area contributed by atoms with Gasteiger partial charge >= 0.3 is 0 Å². The van der Waals surface area contributed by atoms with E-state index in [1.165, 1.54) is 12.8 Å². The smallest absolute Gasteiger partial charge is 0.127 e. The zero-order valence-electron chi connectivity index (χ0n) is 13.9. The second-order valence-electron chi connectivity index (χ2n) is 6.74. The van der Waals surface area contributed by atoms with Crippen molar-refractivity contribution in [3.63, 3.8) is 0 Å². The lowest BCUT2D eigenvalue weighted by molar-refractivity contribution is 0.248. The summed E-state index contributed by atoms with van der Waals surface area (Å²) in [5, 5.41) is 3.49. The molecule has 0 radical (unpaired) electrons. The lowest BCUT2D eigenvalue weighted by Gasteiger charge is -2.22. The van der Waals surface area contributed by atoms with Crippen molar-refractivity contribution in [3.05, 3.63) is 23.5 Å². The van der Waals surface area contributed by atoms with Crippen LogP contribution in [0.1, 0.15) is 58.7 Å². The van der Waals surface area contributed by atoms with Crippen LogP contribution in [0.5, 0.6) is 5.75 Å². The molecule has 0 saturated carbocycles. The minimum atomic E-state index is 0.0949. The lowest BCUT2D eigenvalue weighted by atomic mass is 10.1. The maximum absolute atomic E-state index is 6.02. The topological polar surface area (TPSA) is 34.1 Å². The van der Waals surface area contributed by atoms with Crippen molar-refractivity contribution >= 4 is 0 Å². The molecule has 1 rings (SSSR count). The van der Waals surface area contributed by atoms with Gasteiger partial charge in [0, 0.05) is 35.6 Å². The molecule has 0 aromatic carbocycles. The number of rotatable bonds is 7. The highest BCUT2D eigenvalue weighted by molar-refractivity contribution is 5.33. The van der Waals surface area contributed by atoms with Gasteiger partial charge in [-0.15, -0.1) is 0 Å². The average Bonchev–Trinajstić information content (AvgIpc) is 2.34. The molecule has 0 aliphatic rings. The van der Waals surface area contributed by atoms with E-state index in [4.69, 9.17) is 4.74 Å². The molecule has 1 atom stereocenters. The van der Waals surface area contributed by atoms with Crippen LogP contribution in [0.3, 0.4) is 0 Å². The van der Waals surface area contributed by atoms with Gasteiger partial charge in [-0.3, -0.25) is 4.98 Å². The Labute approximate surface area is 124 Å². The summed E-state index contributed by atoms with van der Waals surface area (Å²) in [6.07, 6.45) is 4.34. The summed E-state index contributed by atoms with van der Waals surface area (Å²) < 4.78 is 6.02. The van der Waals surface area contributed by atoms with Crippen molar-refractivity contribution in [3.8, 4) is 5.75 Å². The largest absolute Gasteiger partial charge is 0.493 e. The van der Waals surface area contributed by atoms with E-state index in [9.17, 15) is 0 Å². The zero-order valence-corrected chi connectivity index (χ0v) is 13.9. The van der Waals surface area contributed by atoms with E-state index in [2.05, 4.69) is 44.9 Å². The van der Waals surface area contributed by atoms with Crippen molar-refractivity contribution in [1.82, 2.24) is 10.3 Å². The number of pyridine rings is 1. The molecule has 0 bridgehead atoms. The summed E-state index contributed by atoms with van der Waals surface area (Å²) in [4.78, 5) is 4.38. The molecule has 3 heteroatoms. The normalized spacial score (nSPS) is 13.3. The molecule has 1 heterocycles. The molecule has 0 aliphatic heterocycles. The second kappa shape index (κ2) is 7.63. The molecule has 0 spiro atoms. The number of nitrogens with zero attached hydrogens (tertiary/aromatic N) is 1. The van der Waals surface area contributed by atoms with Crippen LogP contribution in [0.4, 0.5) is 0 Å². The molecule has 0 fully saturated rings. The SMILES string of the molecule is CCCC(C)COc1cc(C)ncc1CNC(C)(C)C. The van der Waals surface area contributed by atoms with E-state index in [1.807, 2.05) is 19.2 Å². The number of nitrogens with one attached hydrogen (secondary N) is 1. The minimum Gasteiger partial charge on any atom is -0.493 e. The van der Waals surface area contributed by atoms with Crippen molar-refractivity contribution in [1.29, 1.82) is 0 Å². The average molecular weight is 278 g/mol. The van der Waals surface area contributed by atoms with Crippen molar-refractivity contribution in [2.75, 3.05) is 6.61 Å². The van der Waals surface area contributed by atoms with E-state index in [1.54, 1.807) is 0 Å². The summed E-state index contributed by atoms with van der Waals surface area (Å²) in [5.74, 6) is 1.56. The molecule has 3 nitrogen and oxygen atoms in total. The maximum atomic E-state index is 6.02. The Hall–Kier alpha value is -1.09. The maximum Gasteiger partial charge on any atom is 0.127 e. The van der Waals surface area contributed by atoms with Gasteiger partial charge in [0.15, 0.2) is 0 Å². The van der Waals surface area contributed by atoms with Gasteiger partial charge in [0.05, 0.1) is 6.61 Å². The lowest BCUT2D eigenvalue weighted by Crippen LogP contribution is -2.35. The number of hydrogen-bond donors (Lipinski definition) is 1. The standard InChI is InChI=1S/C17H30N2O/c1-7-8-13(2)12-20-16-9-14(3)18-10-15(16)11-19-17(4,5)6/h9-10,13,19H,7-8,11-12H2,1-6H3. The summed E-state index contributed by atoms with van der Waals surface area (Å²) >= 11 is 0. The van der Waals surface area contributed by atoms with Gasteiger partial charge in [-0.1, -0.05) is 20.3 Å². The van der Waals surface area contributed by atoms with Crippen LogP contribution in [0.25, 0.3) is 0 Å². The van der Waals surface area contributed by atoms with Crippen molar-refractivity contribution in [2.45, 2.75) is 66.5 Å². The Kier molecular flexibility index (Phi) is 6.47. The molecule has 114 valence electrons. The molecule has 1 N–H and O–H groups in total. The van der Waals surface area contributed by atoms with Gasteiger partial charge in [-0.2, -0.15) is 0 Å². The third-order valence-corrected chi connectivity index (χ3v) is 3.19. The fourth-order valence-corrected chi connectivity index (χ4v) is 2.00. The minimum absolute atomic E-state index is 0.0949. The van der Waals surface area contributed by atoms with Crippen LogP contribution in [0.2, 0.25) is 0 Å². The summed E-state index contributed by atoms with van der Waals surface area (Å²) in [5.41, 5.74) is 2.23. The molecule has 1 aromatic heterocycles. The van der Waals surface area contributed by atoms with Gasteiger partial charge in [0.2, 0.25) is 0 Å². The second-order valence-corrected chi connectivity index (χ2v) is 6.74. The molecule has 0 saturated heterocycles. The predicted octanol–water partition coefficient (Wildman–Crippen LogP) is 4.09. The first-order chi connectivity index (χ1) is 9.31. The molecular weight excluding hydrogens is 248 g/mol. The Bertz CT molecular complexity index is 410. The van der Waals surface area contributed by atoms with Gasteiger partial charge < -0.3 is 10.1 Å². The molecule has 0 aliphatic carbocycles. The Morgan fingerprint density at radius 3 is 2.65 bits per heavy atom. The van der Waals surface area contributed by atoms with E-state index < -0.39 is 0 Å². The van der Waals surface area contributed by atoms with Crippen molar-refractivity contribution < 1.29 is 4.74 Å². The monoisotopic (exact) mass is 278 g/mol. The van der Waals surface area contributed by atoms with Crippen LogP contribution in [0.15, 0.2) is 12.3 Å². The quantitative estimate of drug-likeness (QED) is 0.815. The zero-order chi connectivity index (χ0) is 15.2. The predicted molar refractivity (Wildman–Crippen MR) is 85.1 cm³/mol. The first kappa shape index (κ1) is 17.0. The molecular formula is C17H30N2O. The fourth-order valence-electron chi connectivity index (χ4n) is 2.00. The van der Waals surface area contributed by atoms with Crippen LogP contribution in [-0.4, -0.2) is 17.1 Å². The van der Waals surface area contributed by atoms with E-state index in [-0.39, 0.29) is 5.54 Å². The van der Waals surface area contributed by atoms with Crippen LogP contribution in [0, 0.1) is 12.8 Å². The van der Waals surface area contributed by atoms with E-state index in [0.29, 0.717) is 5.92 Å². The fraction of sp³-hybridized carbons (Fsp3) is 0.706. The summed E-state index contributed by atoms with van der Waals surface area (Å²) in [7, 11) is 0. The highest BCUT2D eigenvalue weighted by Crippen LogP contribution is 2.21. The van der Waals surface area contributed by atoms with Gasteiger partial charge in [0.25, 0.3) is 0 Å². The van der Waals surface area contributed by atoms with Crippen LogP contribution in [-0.2, 0) is 6.54 Å². The molecule has 1 unspecified atom stereocenters. The van der Waals surface area contributed by atoms with E-state index >= 15 is 0 Å². The number of aromatic nitrogens is 1. The highest BCUT2D eigenvalue weighted by atomic mass is 16.5. The summed E-state index contributed by atoms with van der Waals surface area (Å²) in [6.45, 7) is 14.5. The van der Waals surface area contributed by atoms with Crippen LogP contribution >= 0.6 is 0 Å². The summed E-state index contributed by atoms with van der Waals surface area (Å²) in [6, 6.07) is 2.04. The number of aryl methyl sites for hydroxylation is 1. The van der Waals surface area contributed by atoms with E-state index in [0.717, 1.165) is 30.2 Å². The Morgan fingerprint density at radius 2 is 2.05 bits per heavy atom. The van der Waals surface area contributed by atoms with Gasteiger partial charge in [-0.05, 0) is 40.0 Å². The van der Waals surface area contributed by atoms with Gasteiger partial charge in [-0.25, -0.2) is 0 Å². The number of hydrogen-bond acceptors (Lipinski definition) is 3. The highest BCUT2D eigenvalue weighted by Gasteiger charge is 2.12. The first-order valence-corrected chi connectivity index (χ1v) is 7.65. The number of ether oxygens (including phenoxy) is 1. The van der Waals surface area contributed by atoms with Crippen molar-refractivity contribution in [2.24, 2.45) is 5.92 Å².